The fraction of sp³-hybridized carbons (Fsp3) is 0.479. The van der Waals surface area contributed by atoms with Gasteiger partial charge in [-0.3, -0.25) is 9.78 Å². The van der Waals surface area contributed by atoms with Gasteiger partial charge in [0.1, 0.15) is 22.8 Å². The fourth-order valence-electron chi connectivity index (χ4n) is 10.6. The molecule has 0 bridgehead atoms. The van der Waals surface area contributed by atoms with Crippen LogP contribution in [0.1, 0.15) is 106 Å². The maximum absolute atomic E-state index is 13.3. The highest BCUT2D eigenvalue weighted by Gasteiger charge is 2.54. The van der Waals surface area contributed by atoms with Crippen LogP contribution in [0, 0.1) is 11.8 Å². The zero-order chi connectivity index (χ0) is 40.4. The second kappa shape index (κ2) is 16.8. The number of aryl methyl sites for hydroxylation is 1. The van der Waals surface area contributed by atoms with Crippen molar-refractivity contribution in [3.05, 3.63) is 106 Å². The van der Waals surface area contributed by atoms with Crippen molar-refractivity contribution in [3.8, 4) is 17.2 Å². The molecule has 4 aromatic rings. The molecule has 1 spiro atoms. The number of nitrogens with zero attached hydrogens (tertiary/aromatic N) is 2. The molecule has 2 N–H and O–H groups in total. The van der Waals surface area contributed by atoms with Crippen molar-refractivity contribution in [1.29, 1.82) is 0 Å². The molecule has 3 aromatic carbocycles. The van der Waals surface area contributed by atoms with E-state index in [0.29, 0.717) is 62.3 Å². The van der Waals surface area contributed by atoms with Crippen LogP contribution in [0.4, 0.5) is 11.4 Å². The van der Waals surface area contributed by atoms with Gasteiger partial charge in [0.15, 0.2) is 0 Å². The van der Waals surface area contributed by atoms with Gasteiger partial charge in [-0.15, -0.1) is 0 Å². The number of nitrogens with one attached hydrogen (secondary N) is 1. The number of methoxy groups -OCH3 is 1. The molecule has 1 aromatic heterocycles. The normalized spacial score (nSPS) is 23.8. The van der Waals surface area contributed by atoms with Crippen LogP contribution in [-0.4, -0.2) is 54.4 Å². The third kappa shape index (κ3) is 7.86. The summed E-state index contributed by atoms with van der Waals surface area (Å²) in [5.74, 6) is 2.90. The minimum atomic E-state index is -1.10. The lowest BCUT2D eigenvalue weighted by Gasteiger charge is -2.47. The second-order valence-corrected chi connectivity index (χ2v) is 17.7. The van der Waals surface area contributed by atoms with Gasteiger partial charge in [0, 0.05) is 46.7 Å². The number of pyridine rings is 1. The minimum Gasteiger partial charge on any atom is -0.496 e. The van der Waals surface area contributed by atoms with Crippen molar-refractivity contribution in [3.63, 3.8) is 0 Å². The van der Waals surface area contributed by atoms with Crippen LogP contribution in [0.5, 0.6) is 17.2 Å². The Balaban J connectivity index is 0.975. The number of aliphatic carboxylic acids is 1. The lowest BCUT2D eigenvalue weighted by Crippen LogP contribution is -2.53. The Morgan fingerprint density at radius 1 is 1.02 bits per heavy atom. The molecule has 0 radical (unpaired) electrons. The molecule has 58 heavy (non-hydrogen) atoms. The zero-order valence-electron chi connectivity index (χ0n) is 34.0. The number of anilines is 2. The molecule has 1 amide bonds. The molecule has 1 fully saturated rings. The number of fused-ring (bicyclic) bond motifs is 4. The highest BCUT2D eigenvalue weighted by molar-refractivity contribution is 6.30. The molecule has 2 heterocycles. The summed E-state index contributed by atoms with van der Waals surface area (Å²) in [6.07, 6.45) is 11.3. The lowest BCUT2D eigenvalue weighted by molar-refractivity contribution is -0.144. The van der Waals surface area contributed by atoms with Gasteiger partial charge in [-0.2, -0.15) is 0 Å². The molecule has 3 aliphatic carbocycles. The Bertz CT molecular complexity index is 2150. The molecule has 8 rings (SSSR count). The van der Waals surface area contributed by atoms with Crippen molar-refractivity contribution in [2.75, 3.05) is 37.1 Å². The first-order valence-electron chi connectivity index (χ1n) is 21.2. The van der Waals surface area contributed by atoms with E-state index in [0.717, 1.165) is 79.1 Å². The van der Waals surface area contributed by atoms with Crippen molar-refractivity contribution in [1.82, 2.24) is 4.98 Å². The first-order chi connectivity index (χ1) is 28.1. The molecule has 1 unspecified atom stereocenters. The molecule has 9 nitrogen and oxygen atoms in total. The standard InChI is InChI=1S/C48H56ClN3O6/c1-31(30-58-43-17-23-50-40-11-4-8-32(2)45(40)43)26-34-27-33-15-16-37(57-25-7-14-44(53)52-24-18-38-41(52)12-6-13-42(38)56-3)29-39(33)47(34)19-21-48(22-20-47,46(54)55)51-36-10-5-9-35(49)28-36/h5-6,9-10,12-13,15-17,23,28-29,31-32,34,51H,4,7-8,11,14,18-22,24-27,30H2,1-3H3,(H,54,55)/t31-,32-,34?,47?,48?/m1/s1. The van der Waals surface area contributed by atoms with Crippen LogP contribution in [0.15, 0.2) is 72.9 Å². The SMILES string of the molecule is COc1cccc2c1CCN2C(=O)CCCOc1ccc2c(c1)C1(CCC(Nc3cccc(Cl)c3)(C(=O)O)CC1)C(C[C@@H](C)COc1ccnc3c1[C@H](C)CCC3)C2. The van der Waals surface area contributed by atoms with Gasteiger partial charge in [0.2, 0.25) is 5.91 Å². The highest BCUT2D eigenvalue weighted by Crippen LogP contribution is 2.57. The van der Waals surface area contributed by atoms with E-state index in [-0.39, 0.29) is 17.2 Å². The van der Waals surface area contributed by atoms with Crippen LogP contribution >= 0.6 is 11.6 Å². The molecule has 4 aliphatic rings. The Labute approximate surface area is 347 Å². The van der Waals surface area contributed by atoms with Crippen LogP contribution in [0.2, 0.25) is 5.02 Å². The summed E-state index contributed by atoms with van der Waals surface area (Å²) in [7, 11) is 1.67. The number of carbonyl (C=O) groups excluding carboxylic acids is 1. The van der Waals surface area contributed by atoms with Crippen molar-refractivity contribution in [2.45, 2.75) is 108 Å². The fourth-order valence-corrected chi connectivity index (χ4v) is 10.8. The molecule has 1 aliphatic heterocycles. The number of ether oxygens (including phenoxy) is 3. The van der Waals surface area contributed by atoms with E-state index in [1.807, 2.05) is 47.5 Å². The number of carboxylic acid groups (broad SMARTS) is 1. The van der Waals surface area contributed by atoms with Crippen LogP contribution in [0.25, 0.3) is 0 Å². The highest BCUT2D eigenvalue weighted by atomic mass is 35.5. The van der Waals surface area contributed by atoms with Crippen molar-refractivity contribution < 1.29 is 28.9 Å². The average Bonchev–Trinajstić information content (AvgIpc) is 3.78. The number of hydrogen-bond donors (Lipinski definition) is 2. The summed E-state index contributed by atoms with van der Waals surface area (Å²) in [6.45, 7) is 6.27. The molecule has 306 valence electrons. The van der Waals surface area contributed by atoms with Gasteiger partial charge >= 0.3 is 5.97 Å². The van der Waals surface area contributed by atoms with Crippen LogP contribution in [0.3, 0.4) is 0 Å². The summed E-state index contributed by atoms with van der Waals surface area (Å²) in [6, 6.07) is 21.7. The lowest BCUT2D eigenvalue weighted by atomic mass is 9.59. The van der Waals surface area contributed by atoms with Gasteiger partial charge in [0.25, 0.3) is 0 Å². The smallest absolute Gasteiger partial charge is 0.329 e. The Hall–Kier alpha value is -4.76. The minimum absolute atomic E-state index is 0.0956. The Kier molecular flexibility index (Phi) is 11.6. The number of hydrogen-bond acceptors (Lipinski definition) is 7. The van der Waals surface area contributed by atoms with Crippen molar-refractivity contribution >= 4 is 34.9 Å². The monoisotopic (exact) mass is 805 g/mol. The number of carboxylic acids is 1. The summed E-state index contributed by atoms with van der Waals surface area (Å²) < 4.78 is 18.5. The summed E-state index contributed by atoms with van der Waals surface area (Å²) >= 11 is 6.31. The zero-order valence-corrected chi connectivity index (χ0v) is 34.8. The first-order valence-corrected chi connectivity index (χ1v) is 21.6. The average molecular weight is 806 g/mol. The van der Waals surface area contributed by atoms with Gasteiger partial charge in [-0.1, -0.05) is 43.6 Å². The number of benzene rings is 3. The van der Waals surface area contributed by atoms with E-state index in [1.165, 1.54) is 28.8 Å². The molecule has 3 atom stereocenters. The van der Waals surface area contributed by atoms with E-state index in [1.54, 1.807) is 19.2 Å². The van der Waals surface area contributed by atoms with E-state index in [4.69, 9.17) is 25.8 Å². The third-order valence-corrected chi connectivity index (χ3v) is 13.8. The van der Waals surface area contributed by atoms with E-state index < -0.39 is 11.5 Å². The van der Waals surface area contributed by atoms with Gasteiger partial charge < -0.3 is 29.5 Å². The van der Waals surface area contributed by atoms with E-state index >= 15 is 0 Å². The number of carbonyl (C=O) groups is 2. The number of amides is 1. The maximum Gasteiger partial charge on any atom is 0.329 e. The van der Waals surface area contributed by atoms with Gasteiger partial charge in [0.05, 0.1) is 26.0 Å². The van der Waals surface area contributed by atoms with E-state index in [2.05, 4.69) is 42.3 Å². The quantitative estimate of drug-likeness (QED) is 0.121. The Morgan fingerprint density at radius 3 is 2.64 bits per heavy atom. The molecule has 10 heteroatoms. The maximum atomic E-state index is 13.3. The van der Waals surface area contributed by atoms with Gasteiger partial charge in [-0.25, -0.2) is 4.79 Å². The number of aromatic nitrogens is 1. The molecular weight excluding hydrogens is 750 g/mol. The van der Waals surface area contributed by atoms with E-state index in [9.17, 15) is 14.7 Å². The second-order valence-electron chi connectivity index (χ2n) is 17.2. The summed E-state index contributed by atoms with van der Waals surface area (Å²) in [5, 5.41) is 14.7. The van der Waals surface area contributed by atoms with Crippen LogP contribution < -0.4 is 24.4 Å². The molecule has 0 saturated heterocycles. The van der Waals surface area contributed by atoms with Crippen molar-refractivity contribution in [2.24, 2.45) is 11.8 Å². The van der Waals surface area contributed by atoms with Gasteiger partial charge in [-0.05, 0) is 153 Å². The number of rotatable bonds is 14. The topological polar surface area (TPSA) is 110 Å². The molecular formula is C48H56ClN3O6. The summed E-state index contributed by atoms with van der Waals surface area (Å²) in [5.41, 5.74) is 6.48. The Morgan fingerprint density at radius 2 is 1.84 bits per heavy atom. The molecule has 1 saturated carbocycles. The number of halogens is 1. The predicted molar refractivity (Wildman–Crippen MR) is 228 cm³/mol. The first kappa shape index (κ1) is 40.0. The van der Waals surface area contributed by atoms with Crippen LogP contribution in [-0.2, 0) is 34.3 Å². The predicted octanol–water partition coefficient (Wildman–Crippen LogP) is 9.96. The largest absolute Gasteiger partial charge is 0.496 e. The summed E-state index contributed by atoms with van der Waals surface area (Å²) in [4.78, 5) is 32.9. The third-order valence-electron chi connectivity index (χ3n) is 13.6.